The number of rotatable bonds is 6. The molecular weight excluding hydrogens is 386 g/mol. The fraction of sp³-hybridized carbons (Fsp3) is 0.667. The van der Waals surface area contributed by atoms with Gasteiger partial charge >= 0.3 is 24.3 Å². The van der Waals surface area contributed by atoms with E-state index in [-0.39, 0.29) is 32.3 Å². The zero-order valence-corrected chi connectivity index (χ0v) is 14.1. The van der Waals surface area contributed by atoms with Gasteiger partial charge in [0.15, 0.2) is 5.71 Å². The molecule has 27 heavy (non-hydrogen) atoms. The molecule has 0 aliphatic heterocycles. The fourth-order valence-electron chi connectivity index (χ4n) is 2.71. The minimum absolute atomic E-state index is 0.00465. The standard InChI is InChI=1S/C15H18F6N2O4/c1-2-27-13(26)7-3-5-8(6-4-7)23-11(15(19,20)21)9(12(24)25)10(22)14(16,17)18/h7-8,22-23H,2-6H2,1H3,(H,24,25)/b11-9+,22-10?/t7-,8-. The number of alkyl halides is 6. The summed E-state index contributed by atoms with van der Waals surface area (Å²) in [4.78, 5) is 22.7. The average Bonchev–Trinajstić information content (AvgIpc) is 2.52. The molecule has 1 aliphatic carbocycles. The monoisotopic (exact) mass is 404 g/mol. The third kappa shape index (κ3) is 6.14. The first kappa shape index (κ1) is 22.8. The van der Waals surface area contributed by atoms with Gasteiger partial charge in [-0.1, -0.05) is 0 Å². The number of ether oxygens (including phenoxy) is 1. The Morgan fingerprint density at radius 3 is 1.96 bits per heavy atom. The molecule has 0 atom stereocenters. The van der Waals surface area contributed by atoms with Crippen LogP contribution in [0.5, 0.6) is 0 Å². The molecule has 1 aliphatic rings. The van der Waals surface area contributed by atoms with Crippen molar-refractivity contribution in [2.45, 2.75) is 51.0 Å². The van der Waals surface area contributed by atoms with Gasteiger partial charge in [-0.2, -0.15) is 26.3 Å². The van der Waals surface area contributed by atoms with Crippen molar-refractivity contribution >= 4 is 17.7 Å². The highest BCUT2D eigenvalue weighted by Crippen LogP contribution is 2.33. The molecule has 0 spiro atoms. The van der Waals surface area contributed by atoms with Gasteiger partial charge in [0, 0.05) is 6.04 Å². The number of carboxylic acid groups (broad SMARTS) is 1. The van der Waals surface area contributed by atoms with Gasteiger partial charge in [-0.25, -0.2) is 4.79 Å². The summed E-state index contributed by atoms with van der Waals surface area (Å²) < 4.78 is 82.4. The number of allylic oxidation sites excluding steroid dienone is 1. The molecule has 0 saturated heterocycles. The molecule has 0 unspecified atom stereocenters. The number of hydrogen-bond acceptors (Lipinski definition) is 5. The Morgan fingerprint density at radius 1 is 1.07 bits per heavy atom. The Kier molecular flexibility index (Phi) is 7.26. The van der Waals surface area contributed by atoms with Crippen molar-refractivity contribution in [3.8, 4) is 0 Å². The summed E-state index contributed by atoms with van der Waals surface area (Å²) >= 11 is 0. The molecule has 0 amide bonds. The van der Waals surface area contributed by atoms with Crippen LogP contribution in [0.4, 0.5) is 26.3 Å². The van der Waals surface area contributed by atoms with E-state index >= 15 is 0 Å². The first-order chi connectivity index (χ1) is 12.3. The number of halogens is 6. The minimum Gasteiger partial charge on any atom is -0.478 e. The van der Waals surface area contributed by atoms with Crippen molar-refractivity contribution in [1.29, 1.82) is 5.41 Å². The lowest BCUT2D eigenvalue weighted by Crippen LogP contribution is -2.42. The highest BCUT2D eigenvalue weighted by Gasteiger charge is 2.47. The predicted octanol–water partition coefficient (Wildman–Crippen LogP) is 3.18. The summed E-state index contributed by atoms with van der Waals surface area (Å²) in [7, 11) is 0. The molecule has 0 heterocycles. The van der Waals surface area contributed by atoms with Crippen LogP contribution in [0.2, 0.25) is 0 Å². The second-order valence-corrected chi connectivity index (χ2v) is 5.87. The Morgan fingerprint density at radius 2 is 1.59 bits per heavy atom. The Bertz CT molecular complexity index is 619. The van der Waals surface area contributed by atoms with E-state index in [1.165, 1.54) is 0 Å². The summed E-state index contributed by atoms with van der Waals surface area (Å²) in [5.74, 6) is -3.56. The quantitative estimate of drug-likeness (QED) is 0.273. The van der Waals surface area contributed by atoms with Gasteiger partial charge in [0.25, 0.3) is 0 Å². The molecule has 0 aromatic carbocycles. The van der Waals surface area contributed by atoms with E-state index in [0.29, 0.717) is 0 Å². The van der Waals surface area contributed by atoms with Gasteiger partial charge in [-0.3, -0.25) is 10.2 Å². The Hall–Kier alpha value is -2.27. The highest BCUT2D eigenvalue weighted by molar-refractivity contribution is 6.20. The van der Waals surface area contributed by atoms with E-state index in [0.717, 1.165) is 0 Å². The maximum Gasteiger partial charge on any atom is 0.433 e. The van der Waals surface area contributed by atoms with Gasteiger partial charge in [-0.05, 0) is 32.6 Å². The van der Waals surface area contributed by atoms with Crippen molar-refractivity contribution in [3.63, 3.8) is 0 Å². The molecule has 0 bridgehead atoms. The number of carbonyl (C=O) groups is 2. The molecule has 1 saturated carbocycles. The van der Waals surface area contributed by atoms with Crippen LogP contribution in [0.3, 0.4) is 0 Å². The summed E-state index contributed by atoms with van der Waals surface area (Å²) in [6.45, 7) is 1.73. The van der Waals surface area contributed by atoms with Crippen molar-refractivity contribution < 1.29 is 45.8 Å². The minimum atomic E-state index is -5.56. The second-order valence-electron chi connectivity index (χ2n) is 5.87. The first-order valence-corrected chi connectivity index (χ1v) is 7.93. The van der Waals surface area contributed by atoms with Crippen LogP contribution >= 0.6 is 0 Å². The molecule has 0 aromatic rings. The highest BCUT2D eigenvalue weighted by atomic mass is 19.4. The summed E-state index contributed by atoms with van der Waals surface area (Å²) in [5, 5.41) is 17.5. The van der Waals surface area contributed by atoms with Gasteiger partial charge in [0.2, 0.25) is 0 Å². The summed E-state index contributed by atoms with van der Waals surface area (Å²) in [5.41, 5.74) is -6.92. The lowest BCUT2D eigenvalue weighted by molar-refractivity contribution is -0.149. The molecular formula is C15H18F6N2O4. The molecule has 154 valence electrons. The first-order valence-electron chi connectivity index (χ1n) is 7.93. The number of carbonyl (C=O) groups excluding carboxylic acids is 1. The third-order valence-electron chi connectivity index (χ3n) is 3.98. The summed E-state index contributed by atoms with van der Waals surface area (Å²) in [6, 6.07) is -0.998. The molecule has 1 fully saturated rings. The average molecular weight is 404 g/mol. The number of nitrogens with one attached hydrogen (secondary N) is 2. The zero-order chi connectivity index (χ0) is 21.0. The van der Waals surface area contributed by atoms with Crippen molar-refractivity contribution in [2.75, 3.05) is 6.61 Å². The fourth-order valence-corrected chi connectivity index (χ4v) is 2.71. The topological polar surface area (TPSA) is 99.5 Å². The van der Waals surface area contributed by atoms with E-state index < -0.39 is 53.2 Å². The van der Waals surface area contributed by atoms with Crippen LogP contribution in [0.25, 0.3) is 0 Å². The summed E-state index contributed by atoms with van der Waals surface area (Å²) in [6.07, 6.45) is -10.7. The smallest absolute Gasteiger partial charge is 0.433 e. The predicted molar refractivity (Wildman–Crippen MR) is 80.0 cm³/mol. The third-order valence-corrected chi connectivity index (χ3v) is 3.98. The number of esters is 1. The van der Waals surface area contributed by atoms with Crippen molar-refractivity contribution in [1.82, 2.24) is 5.32 Å². The maximum absolute atomic E-state index is 13.2. The van der Waals surface area contributed by atoms with Crippen LogP contribution in [0, 0.1) is 11.3 Å². The van der Waals surface area contributed by atoms with Crippen LogP contribution in [-0.4, -0.2) is 47.8 Å². The normalized spacial score (nSPS) is 21.9. The van der Waals surface area contributed by atoms with Gasteiger partial charge in [0.05, 0.1) is 12.5 Å². The van der Waals surface area contributed by atoms with Crippen molar-refractivity contribution in [3.05, 3.63) is 11.3 Å². The van der Waals surface area contributed by atoms with E-state index in [2.05, 4.69) is 0 Å². The largest absolute Gasteiger partial charge is 0.478 e. The van der Waals surface area contributed by atoms with Gasteiger partial charge in [-0.15, -0.1) is 0 Å². The number of aliphatic carboxylic acids is 1. The van der Waals surface area contributed by atoms with E-state index in [1.54, 1.807) is 12.2 Å². The van der Waals surface area contributed by atoms with Gasteiger partial charge in [0.1, 0.15) is 11.3 Å². The van der Waals surface area contributed by atoms with Crippen molar-refractivity contribution in [2.24, 2.45) is 5.92 Å². The molecule has 3 N–H and O–H groups in total. The molecule has 0 aromatic heterocycles. The van der Waals surface area contributed by atoms with E-state index in [4.69, 9.17) is 15.3 Å². The van der Waals surface area contributed by atoms with Crippen LogP contribution in [-0.2, 0) is 14.3 Å². The van der Waals surface area contributed by atoms with Crippen LogP contribution < -0.4 is 5.32 Å². The molecule has 6 nitrogen and oxygen atoms in total. The Balaban J connectivity index is 3.08. The van der Waals surface area contributed by atoms with E-state index in [1.807, 2.05) is 0 Å². The van der Waals surface area contributed by atoms with Gasteiger partial charge < -0.3 is 15.2 Å². The number of carboxylic acids is 1. The zero-order valence-electron chi connectivity index (χ0n) is 14.1. The van der Waals surface area contributed by atoms with E-state index in [9.17, 15) is 35.9 Å². The number of hydrogen-bond donors (Lipinski definition) is 3. The molecule has 1 rings (SSSR count). The molecule has 12 heteroatoms. The SMILES string of the molecule is CCOC(=O)[C@H]1CC[C@H](N/C(=C(\C(=N)C(F)(F)F)C(=O)O)C(F)(F)F)CC1. The lowest BCUT2D eigenvalue weighted by atomic mass is 9.85. The molecule has 0 radical (unpaired) electrons. The van der Waals surface area contributed by atoms with Crippen LogP contribution in [0.1, 0.15) is 32.6 Å². The van der Waals surface area contributed by atoms with Crippen LogP contribution in [0.15, 0.2) is 11.3 Å². The maximum atomic E-state index is 13.2. The Labute approximate surface area is 150 Å². The second kappa shape index (κ2) is 8.61. The lowest BCUT2D eigenvalue weighted by Gasteiger charge is -2.30.